The van der Waals surface area contributed by atoms with Crippen LogP contribution in [0.25, 0.3) is 0 Å². The number of hydrogen-bond donors (Lipinski definition) is 2. The molecule has 0 saturated carbocycles. The van der Waals surface area contributed by atoms with Crippen molar-refractivity contribution in [3.05, 3.63) is 23.8 Å². The SMILES string of the molecule is CCN1CC(c2ccc3c(c2)NC(=O)CO3)NC1=O. The zero-order valence-electron chi connectivity index (χ0n) is 10.6. The summed E-state index contributed by atoms with van der Waals surface area (Å²) in [4.78, 5) is 24.7. The Morgan fingerprint density at radius 1 is 1.42 bits per heavy atom. The highest BCUT2D eigenvalue weighted by Crippen LogP contribution is 2.31. The fourth-order valence-corrected chi connectivity index (χ4v) is 2.37. The van der Waals surface area contributed by atoms with Crippen LogP contribution in [0.5, 0.6) is 5.75 Å². The van der Waals surface area contributed by atoms with E-state index >= 15 is 0 Å². The molecule has 0 spiro atoms. The Hall–Kier alpha value is -2.24. The number of ether oxygens (including phenoxy) is 1. The first-order valence-electron chi connectivity index (χ1n) is 6.29. The molecule has 2 aliphatic rings. The first-order valence-corrected chi connectivity index (χ1v) is 6.29. The van der Waals surface area contributed by atoms with Crippen LogP contribution in [0.3, 0.4) is 0 Å². The zero-order chi connectivity index (χ0) is 13.4. The topological polar surface area (TPSA) is 70.7 Å². The van der Waals surface area contributed by atoms with E-state index in [0.29, 0.717) is 24.5 Å². The molecule has 100 valence electrons. The number of urea groups is 1. The van der Waals surface area contributed by atoms with Gasteiger partial charge < -0.3 is 20.3 Å². The number of rotatable bonds is 2. The maximum absolute atomic E-state index is 11.7. The number of benzene rings is 1. The third-order valence-corrected chi connectivity index (χ3v) is 3.41. The van der Waals surface area contributed by atoms with Crippen LogP contribution in [0.2, 0.25) is 0 Å². The molecule has 2 aliphatic heterocycles. The maximum atomic E-state index is 11.7. The van der Waals surface area contributed by atoms with Crippen LogP contribution in [0.15, 0.2) is 18.2 Å². The molecule has 1 fully saturated rings. The van der Waals surface area contributed by atoms with Crippen LogP contribution in [0.4, 0.5) is 10.5 Å². The predicted molar refractivity (Wildman–Crippen MR) is 69.1 cm³/mol. The molecule has 1 saturated heterocycles. The number of likely N-dealkylation sites (N-methyl/N-ethyl adjacent to an activating group) is 1. The fourth-order valence-electron chi connectivity index (χ4n) is 2.37. The summed E-state index contributed by atoms with van der Waals surface area (Å²) >= 11 is 0. The second-order valence-corrected chi connectivity index (χ2v) is 4.63. The Morgan fingerprint density at radius 2 is 2.26 bits per heavy atom. The number of nitrogens with zero attached hydrogens (tertiary/aromatic N) is 1. The molecule has 1 atom stereocenters. The lowest BCUT2D eigenvalue weighted by molar-refractivity contribution is -0.118. The van der Waals surface area contributed by atoms with E-state index in [4.69, 9.17) is 4.74 Å². The Bertz CT molecular complexity index is 544. The molecule has 3 rings (SSSR count). The van der Waals surface area contributed by atoms with E-state index in [9.17, 15) is 9.59 Å². The van der Waals surface area contributed by atoms with Gasteiger partial charge in [0.25, 0.3) is 5.91 Å². The zero-order valence-corrected chi connectivity index (χ0v) is 10.6. The quantitative estimate of drug-likeness (QED) is 0.837. The molecule has 0 bridgehead atoms. The first-order chi connectivity index (χ1) is 9.17. The molecule has 0 radical (unpaired) electrons. The average molecular weight is 261 g/mol. The smallest absolute Gasteiger partial charge is 0.318 e. The van der Waals surface area contributed by atoms with Crippen LogP contribution in [-0.4, -0.2) is 36.5 Å². The van der Waals surface area contributed by atoms with Crippen LogP contribution in [0.1, 0.15) is 18.5 Å². The van der Waals surface area contributed by atoms with Crippen molar-refractivity contribution in [1.29, 1.82) is 0 Å². The Balaban J connectivity index is 1.85. The number of anilines is 1. The minimum Gasteiger partial charge on any atom is -0.482 e. The molecule has 0 aromatic heterocycles. The second-order valence-electron chi connectivity index (χ2n) is 4.63. The lowest BCUT2D eigenvalue weighted by atomic mass is 10.1. The molecule has 1 unspecified atom stereocenters. The number of nitrogens with one attached hydrogen (secondary N) is 2. The van der Waals surface area contributed by atoms with E-state index in [0.717, 1.165) is 5.56 Å². The lowest BCUT2D eigenvalue weighted by Gasteiger charge is -2.20. The summed E-state index contributed by atoms with van der Waals surface area (Å²) in [6.07, 6.45) is 0. The van der Waals surface area contributed by atoms with Gasteiger partial charge in [0.05, 0.1) is 11.7 Å². The van der Waals surface area contributed by atoms with Gasteiger partial charge in [0.15, 0.2) is 6.61 Å². The molecular weight excluding hydrogens is 246 g/mol. The average Bonchev–Trinajstić information content (AvgIpc) is 2.79. The number of carbonyl (C=O) groups is 2. The van der Waals surface area contributed by atoms with Crippen molar-refractivity contribution >= 4 is 17.6 Å². The van der Waals surface area contributed by atoms with Crippen molar-refractivity contribution in [2.45, 2.75) is 13.0 Å². The van der Waals surface area contributed by atoms with Gasteiger partial charge in [-0.3, -0.25) is 4.79 Å². The van der Waals surface area contributed by atoms with Crippen molar-refractivity contribution in [2.24, 2.45) is 0 Å². The number of carbonyl (C=O) groups excluding carboxylic acids is 2. The summed E-state index contributed by atoms with van der Waals surface area (Å²) in [5.74, 6) is 0.510. The van der Waals surface area contributed by atoms with E-state index in [-0.39, 0.29) is 24.6 Å². The minimum atomic E-state index is -0.157. The molecular formula is C13H15N3O3. The van der Waals surface area contributed by atoms with Gasteiger partial charge >= 0.3 is 6.03 Å². The Labute approximate surface area is 110 Å². The molecule has 2 N–H and O–H groups in total. The molecule has 2 heterocycles. The summed E-state index contributed by atoms with van der Waals surface area (Å²) in [5, 5.41) is 5.69. The summed E-state index contributed by atoms with van der Waals surface area (Å²) in [5.41, 5.74) is 1.63. The van der Waals surface area contributed by atoms with Gasteiger partial charge in [-0.1, -0.05) is 6.07 Å². The number of fused-ring (bicyclic) bond motifs is 1. The fraction of sp³-hybridized carbons (Fsp3) is 0.385. The third-order valence-electron chi connectivity index (χ3n) is 3.41. The predicted octanol–water partition coefficient (Wildman–Crippen LogP) is 1.10. The van der Waals surface area contributed by atoms with Crippen molar-refractivity contribution in [3.63, 3.8) is 0 Å². The van der Waals surface area contributed by atoms with E-state index in [2.05, 4.69) is 10.6 Å². The van der Waals surface area contributed by atoms with Crippen LogP contribution in [-0.2, 0) is 4.79 Å². The largest absolute Gasteiger partial charge is 0.482 e. The van der Waals surface area contributed by atoms with Crippen LogP contribution >= 0.6 is 0 Å². The Kier molecular flexibility index (Phi) is 2.77. The van der Waals surface area contributed by atoms with E-state index in [1.807, 2.05) is 25.1 Å². The van der Waals surface area contributed by atoms with Crippen LogP contribution in [0, 0.1) is 0 Å². The lowest BCUT2D eigenvalue weighted by Crippen LogP contribution is -2.27. The highest BCUT2D eigenvalue weighted by molar-refractivity contribution is 5.95. The van der Waals surface area contributed by atoms with Gasteiger partial charge in [-0.05, 0) is 24.6 Å². The van der Waals surface area contributed by atoms with Crippen molar-refractivity contribution < 1.29 is 14.3 Å². The van der Waals surface area contributed by atoms with Crippen molar-refractivity contribution in [2.75, 3.05) is 25.0 Å². The molecule has 6 heteroatoms. The Morgan fingerprint density at radius 3 is 3.00 bits per heavy atom. The third kappa shape index (κ3) is 2.09. The van der Waals surface area contributed by atoms with E-state index in [1.165, 1.54) is 0 Å². The second kappa shape index (κ2) is 4.46. The van der Waals surface area contributed by atoms with Gasteiger partial charge in [-0.25, -0.2) is 4.79 Å². The van der Waals surface area contributed by atoms with Gasteiger partial charge in [0, 0.05) is 13.1 Å². The van der Waals surface area contributed by atoms with Gasteiger partial charge in [-0.2, -0.15) is 0 Å². The number of amides is 3. The highest BCUT2D eigenvalue weighted by atomic mass is 16.5. The summed E-state index contributed by atoms with van der Waals surface area (Å²) in [7, 11) is 0. The van der Waals surface area contributed by atoms with Crippen molar-refractivity contribution in [3.8, 4) is 5.75 Å². The molecule has 1 aromatic carbocycles. The van der Waals surface area contributed by atoms with Gasteiger partial charge in [0.2, 0.25) is 0 Å². The summed E-state index contributed by atoms with van der Waals surface area (Å²) in [6.45, 7) is 3.33. The monoisotopic (exact) mass is 261 g/mol. The molecule has 3 amide bonds. The summed E-state index contributed by atoms with van der Waals surface area (Å²) < 4.78 is 5.31. The van der Waals surface area contributed by atoms with Gasteiger partial charge in [0.1, 0.15) is 5.75 Å². The molecule has 19 heavy (non-hydrogen) atoms. The normalized spacial score (nSPS) is 21.5. The minimum absolute atomic E-state index is 0.0448. The number of hydrogen-bond acceptors (Lipinski definition) is 3. The van der Waals surface area contributed by atoms with Crippen LogP contribution < -0.4 is 15.4 Å². The van der Waals surface area contributed by atoms with Gasteiger partial charge in [-0.15, -0.1) is 0 Å². The van der Waals surface area contributed by atoms with E-state index in [1.54, 1.807) is 4.90 Å². The molecule has 1 aromatic rings. The maximum Gasteiger partial charge on any atom is 0.318 e. The standard InChI is InChI=1S/C13H15N3O3/c1-2-16-6-10(15-13(16)18)8-3-4-11-9(5-8)14-12(17)7-19-11/h3-5,10H,2,6-7H2,1H3,(H,14,17)(H,15,18). The summed E-state index contributed by atoms with van der Waals surface area (Å²) in [6, 6.07) is 5.50. The van der Waals surface area contributed by atoms with E-state index < -0.39 is 0 Å². The van der Waals surface area contributed by atoms with Crippen molar-refractivity contribution in [1.82, 2.24) is 10.2 Å². The highest BCUT2D eigenvalue weighted by Gasteiger charge is 2.29. The molecule has 6 nitrogen and oxygen atoms in total. The molecule has 0 aliphatic carbocycles. The first kappa shape index (κ1) is 11.8.